The molecule has 0 unspecified atom stereocenters. The lowest BCUT2D eigenvalue weighted by Crippen LogP contribution is -3.12. The lowest BCUT2D eigenvalue weighted by atomic mass is 9.90. The molecule has 0 bridgehead atoms. The van der Waals surface area contributed by atoms with Gasteiger partial charge in [0.15, 0.2) is 37.0 Å². The maximum absolute atomic E-state index is 12.5. The number of hydrogen-bond donors (Lipinski definition) is 9. The molecule has 18 nitrogen and oxygen atoms in total. The summed E-state index contributed by atoms with van der Waals surface area (Å²) in [6.07, 6.45) is 24.9. The number of anilines is 3. The SMILES string of the molecule is CC[N+](C)(C)c1ccc(C(=C2C=CC(=[N+](C)C)C=C2)c2ccc(N(C)C)cc2)cc1.CCc1ccc(C[n+]2ccc(C=Cc3cc[n+](C)cc3)cc2)cc1.C[NH+]1CCN(c2ccc3nc(-c4ccc5nc(-c6ccc(O)cc6)[nH]c5c4)[nH]c3c2)CC1.O=C(Nc1ccc(C2=[NH+]CCCN2)cc1)c1ccc(C2=[NH+]CCCN2)cc1. The topological polar surface area (TPSA) is 180 Å². The number of carbonyl (C=O) groups excluding carboxylic acids is 1. The summed E-state index contributed by atoms with van der Waals surface area (Å²) in [6, 6.07) is 70.5. The third-order valence-electron chi connectivity index (χ3n) is 21.3. The highest BCUT2D eigenvalue weighted by Crippen LogP contribution is 2.34. The summed E-state index contributed by atoms with van der Waals surface area (Å²) < 4.78 is 7.26. The Morgan fingerprint density at radius 3 is 1.67 bits per heavy atom. The van der Waals surface area contributed by atoms with Crippen LogP contribution in [-0.4, -0.2) is 161 Å². The highest BCUT2D eigenvalue weighted by Gasteiger charge is 2.22. The zero-order chi connectivity index (χ0) is 78.8. The van der Waals surface area contributed by atoms with E-state index in [0.717, 1.165) is 149 Å². The van der Waals surface area contributed by atoms with E-state index in [1.165, 1.54) is 80.4 Å². The molecular formula is C95H109N16O2+7. The fourth-order valence-corrected chi connectivity index (χ4v) is 13.8. The summed E-state index contributed by atoms with van der Waals surface area (Å²) in [6.45, 7) is 14.8. The maximum Gasteiger partial charge on any atom is 0.274 e. The van der Waals surface area contributed by atoms with Crippen molar-refractivity contribution < 1.29 is 38.5 Å². The molecule has 574 valence electrons. The van der Waals surface area contributed by atoms with Crippen LogP contribution in [0.3, 0.4) is 0 Å². The molecule has 1 amide bonds. The number of aryl methyl sites for hydroxylation is 2. The smallest absolute Gasteiger partial charge is 0.274 e. The summed E-state index contributed by atoms with van der Waals surface area (Å²) in [5.41, 5.74) is 24.5. The van der Waals surface area contributed by atoms with E-state index in [0.29, 0.717) is 5.56 Å². The van der Waals surface area contributed by atoms with Crippen LogP contribution in [0.1, 0.15) is 81.6 Å². The second-order valence-electron chi connectivity index (χ2n) is 30.3. The van der Waals surface area contributed by atoms with Crippen LogP contribution in [0.25, 0.3) is 62.6 Å². The van der Waals surface area contributed by atoms with Crippen LogP contribution in [0.5, 0.6) is 5.75 Å². The second kappa shape index (κ2) is 36.9. The lowest BCUT2D eigenvalue weighted by molar-refractivity contribution is -0.880. The minimum Gasteiger partial charge on any atom is -0.508 e. The standard InChI is InChI=1S/C27H35N3.C25H24N6O.C22H24N2.C21H23N5O/c1-8-30(6,7)26-19-13-23(14-20-26)27(21-9-15-24(16-10-21)28(2)3)22-11-17-25(18-12-22)29(4)5;1-30-10-12-31(13-11-30)18-5-9-21-23(15-18)29-25(27-21)17-4-8-20-22(14-17)28-24(26-20)16-2-6-19(32)7-3-16;1-3-19-4-8-22(9-5-19)18-24-16-12-21(13-17-24)7-6-20-10-14-23(2)15-11-20;27-21(17-5-3-15(4-6-17)19-22-11-1-12-23-19)26-18-9-7-16(8-10-18)20-24-13-2-14-25-20/h9-20H,8H2,1-7H3;2-9,14-15,32H,10-13H2,1H3,(H,26,28)(H,27,29);4-17H,3,18H2,1-2H3;3-10H,1-2,11-14H2,(H,22,23)(H,24,25)(H,26,27)/q+2;;+2;/p+3. The Hall–Kier alpha value is -12.6. The number of piperazine rings is 1. The number of pyridine rings is 2. The quantitative estimate of drug-likeness (QED) is 0.0319. The van der Waals surface area contributed by atoms with Crippen molar-refractivity contribution in [2.45, 2.75) is 39.7 Å². The van der Waals surface area contributed by atoms with Crippen LogP contribution in [0, 0.1) is 0 Å². The van der Waals surface area contributed by atoms with Crippen LogP contribution < -0.4 is 54.3 Å². The van der Waals surface area contributed by atoms with E-state index < -0.39 is 0 Å². The summed E-state index contributed by atoms with van der Waals surface area (Å²) in [5, 5.41) is 19.2. The van der Waals surface area contributed by atoms with Gasteiger partial charge in [0, 0.05) is 103 Å². The fourth-order valence-electron chi connectivity index (χ4n) is 13.8. The van der Waals surface area contributed by atoms with E-state index in [4.69, 9.17) is 4.98 Å². The van der Waals surface area contributed by atoms with Gasteiger partial charge in [0.25, 0.3) is 17.6 Å². The Kier molecular flexibility index (Phi) is 25.6. The predicted octanol–water partition coefficient (Wildman–Crippen LogP) is 9.95. The third-order valence-corrected chi connectivity index (χ3v) is 21.3. The first kappa shape index (κ1) is 78.5. The van der Waals surface area contributed by atoms with Crippen molar-refractivity contribution in [2.75, 3.05) is 123 Å². The van der Waals surface area contributed by atoms with Crippen molar-refractivity contribution >= 4 is 85.8 Å². The van der Waals surface area contributed by atoms with Gasteiger partial charge in [0.05, 0.1) is 113 Å². The highest BCUT2D eigenvalue weighted by atomic mass is 16.3. The van der Waals surface area contributed by atoms with E-state index in [2.05, 4.69) is 306 Å². The summed E-state index contributed by atoms with van der Waals surface area (Å²) in [4.78, 5) is 41.8. The molecule has 0 atom stereocenters. The Bertz CT molecular complexity index is 5430. The number of fused-ring (bicyclic) bond motifs is 2. The number of imidazole rings is 2. The van der Waals surface area contributed by atoms with Gasteiger partial charge in [-0.1, -0.05) is 55.5 Å². The molecule has 3 aliphatic heterocycles. The number of allylic oxidation sites excluding steroid dienone is 5. The minimum absolute atomic E-state index is 0.106. The number of phenols is 1. The molecule has 4 aromatic heterocycles. The fraction of sp³-hybridized carbons (Fsp3) is 0.242. The monoisotopic (exact) mass is 1510 g/mol. The molecule has 1 aliphatic carbocycles. The van der Waals surface area contributed by atoms with Gasteiger partial charge in [-0.05, 0) is 210 Å². The Morgan fingerprint density at radius 1 is 0.611 bits per heavy atom. The first-order valence-electron chi connectivity index (χ1n) is 39.5. The molecule has 8 aromatic carbocycles. The number of amidine groups is 2. The number of H-pyrrole nitrogens is 2. The van der Waals surface area contributed by atoms with Gasteiger partial charge in [-0.2, -0.15) is 0 Å². The number of nitrogens with zero attached hydrogens (tertiary/aromatic N) is 8. The number of nitrogens with one attached hydrogen (secondary N) is 8. The molecule has 16 rings (SSSR count). The zero-order valence-electron chi connectivity index (χ0n) is 67.0. The molecule has 18 heteroatoms. The molecule has 113 heavy (non-hydrogen) atoms. The minimum atomic E-state index is -0.106. The van der Waals surface area contributed by atoms with Crippen LogP contribution >= 0.6 is 0 Å². The molecular weight excluding hydrogens is 1400 g/mol. The number of amides is 1. The number of quaternary nitrogens is 2. The first-order chi connectivity index (χ1) is 54.9. The maximum atomic E-state index is 12.5. The Morgan fingerprint density at radius 2 is 1.12 bits per heavy atom. The van der Waals surface area contributed by atoms with E-state index in [-0.39, 0.29) is 11.7 Å². The normalized spacial score (nSPS) is 14.2. The predicted molar refractivity (Wildman–Crippen MR) is 464 cm³/mol. The number of aromatic amines is 2. The Labute approximate surface area is 665 Å². The molecule has 0 spiro atoms. The van der Waals surface area contributed by atoms with Crippen LogP contribution in [0.15, 0.2) is 261 Å². The summed E-state index contributed by atoms with van der Waals surface area (Å²) in [5.74, 6) is 3.85. The summed E-state index contributed by atoms with van der Waals surface area (Å²) >= 11 is 0. The molecule has 4 aliphatic rings. The second-order valence-corrected chi connectivity index (χ2v) is 30.3. The van der Waals surface area contributed by atoms with Crippen molar-refractivity contribution in [3.05, 3.63) is 311 Å². The van der Waals surface area contributed by atoms with Crippen molar-refractivity contribution in [1.82, 2.24) is 35.1 Å². The molecule has 0 radical (unpaired) electrons. The molecule has 1 fully saturated rings. The van der Waals surface area contributed by atoms with Crippen molar-refractivity contribution in [2.24, 2.45) is 7.05 Å². The van der Waals surface area contributed by atoms with Crippen molar-refractivity contribution in [1.29, 1.82) is 0 Å². The van der Waals surface area contributed by atoms with Crippen LogP contribution in [0.2, 0.25) is 0 Å². The van der Waals surface area contributed by atoms with E-state index >= 15 is 0 Å². The molecule has 1 saturated heterocycles. The average Bonchev–Trinajstić information content (AvgIpc) is 1.69. The van der Waals surface area contributed by atoms with Crippen LogP contribution in [0.4, 0.5) is 22.7 Å². The number of likely N-dealkylation sites (N-methyl/N-ethyl adjacent to an activating group) is 1. The molecule has 9 N–H and O–H groups in total. The average molecular weight is 1510 g/mol. The summed E-state index contributed by atoms with van der Waals surface area (Å²) in [7, 11) is 17.1. The number of benzene rings is 8. The molecule has 12 aromatic rings. The largest absolute Gasteiger partial charge is 0.508 e. The highest BCUT2D eigenvalue weighted by molar-refractivity contribution is 6.06. The number of hydrogen-bond acceptors (Lipinski definition) is 8. The van der Waals surface area contributed by atoms with E-state index in [9.17, 15) is 9.90 Å². The van der Waals surface area contributed by atoms with Crippen molar-refractivity contribution in [3.8, 4) is 28.5 Å². The number of carbonyl (C=O) groups is 1. The third kappa shape index (κ3) is 20.7. The van der Waals surface area contributed by atoms with E-state index in [1.807, 2.05) is 84.4 Å². The Balaban J connectivity index is 0.000000132. The zero-order valence-corrected chi connectivity index (χ0v) is 67.0. The van der Waals surface area contributed by atoms with Gasteiger partial charge in [0.1, 0.15) is 44.2 Å². The van der Waals surface area contributed by atoms with E-state index in [1.54, 1.807) is 17.0 Å². The first-order valence-corrected chi connectivity index (χ1v) is 39.5. The number of phenolic OH excluding ortho intramolecular Hbond substituents is 1. The van der Waals surface area contributed by atoms with Gasteiger partial charge in [-0.15, -0.1) is 0 Å². The number of rotatable bonds is 17. The molecule has 0 saturated carbocycles. The van der Waals surface area contributed by atoms with Gasteiger partial charge in [-0.3, -0.25) is 29.9 Å². The molecule has 7 heterocycles. The van der Waals surface area contributed by atoms with Gasteiger partial charge < -0.3 is 35.1 Å². The lowest BCUT2D eigenvalue weighted by Gasteiger charge is -2.31. The van der Waals surface area contributed by atoms with Gasteiger partial charge >= 0.3 is 0 Å². The van der Waals surface area contributed by atoms with Crippen molar-refractivity contribution in [3.63, 3.8) is 0 Å². The number of aromatic nitrogens is 6. The number of aromatic hydroxyl groups is 1. The van der Waals surface area contributed by atoms with Gasteiger partial charge in [-0.25, -0.2) is 23.7 Å². The van der Waals surface area contributed by atoms with Crippen LogP contribution in [-0.2, 0) is 20.0 Å². The van der Waals surface area contributed by atoms with Gasteiger partial charge in [0.2, 0.25) is 0 Å².